The van der Waals surface area contributed by atoms with Crippen LogP contribution in [0.3, 0.4) is 0 Å². The third-order valence-corrected chi connectivity index (χ3v) is 7.43. The predicted octanol–water partition coefficient (Wildman–Crippen LogP) is 8.79. The fourth-order valence-corrected chi connectivity index (χ4v) is 4.80. The van der Waals surface area contributed by atoms with Crippen LogP contribution < -0.4 is 0 Å². The van der Waals surface area contributed by atoms with Crippen LogP contribution in [0.2, 0.25) is 0 Å². The highest BCUT2D eigenvalue weighted by Gasteiger charge is 2.30. The lowest BCUT2D eigenvalue weighted by atomic mass is 10.0. The Hall–Kier alpha value is 0.110. The maximum atomic E-state index is 13.4. The Morgan fingerprint density at radius 1 is 0.552 bits per heavy atom. The van der Waals surface area contributed by atoms with Crippen LogP contribution in [0.25, 0.3) is 0 Å². The van der Waals surface area contributed by atoms with Crippen molar-refractivity contribution in [2.24, 2.45) is 17.8 Å². The topological polar surface area (TPSA) is 44.8 Å². The minimum Gasteiger partial charge on any atom is -0.287 e. The van der Waals surface area contributed by atoms with Gasteiger partial charge in [-0.2, -0.15) is 0 Å². The first-order valence-electron chi connectivity index (χ1n) is 12.5. The van der Waals surface area contributed by atoms with Crippen molar-refractivity contribution >= 4 is 7.82 Å². The highest BCUT2D eigenvalue weighted by atomic mass is 31.2. The average Bonchev–Trinajstić information content (AvgIpc) is 2.74. The van der Waals surface area contributed by atoms with Crippen LogP contribution in [0.4, 0.5) is 0 Å². The summed E-state index contributed by atoms with van der Waals surface area (Å²) in [6, 6.07) is 0. The zero-order chi connectivity index (χ0) is 22.0. The predicted molar refractivity (Wildman–Crippen MR) is 125 cm³/mol. The number of phosphoric ester groups is 1. The van der Waals surface area contributed by atoms with Gasteiger partial charge in [-0.25, -0.2) is 4.57 Å². The van der Waals surface area contributed by atoms with E-state index < -0.39 is 7.82 Å². The summed E-state index contributed by atoms with van der Waals surface area (Å²) in [5.41, 5.74) is 0. The van der Waals surface area contributed by atoms with Crippen molar-refractivity contribution in [3.8, 4) is 0 Å². The van der Waals surface area contributed by atoms with Crippen molar-refractivity contribution in [1.82, 2.24) is 0 Å². The van der Waals surface area contributed by atoms with Gasteiger partial charge < -0.3 is 0 Å². The highest BCUT2D eigenvalue weighted by molar-refractivity contribution is 7.48. The number of unbranched alkanes of at least 4 members (excludes halogenated alkanes) is 3. The van der Waals surface area contributed by atoms with Gasteiger partial charge in [0.05, 0.1) is 19.8 Å². The van der Waals surface area contributed by atoms with Crippen molar-refractivity contribution in [3.63, 3.8) is 0 Å². The summed E-state index contributed by atoms with van der Waals surface area (Å²) in [6.45, 7) is 14.5. The van der Waals surface area contributed by atoms with Crippen molar-refractivity contribution in [3.05, 3.63) is 0 Å². The van der Waals surface area contributed by atoms with Gasteiger partial charge in [-0.3, -0.25) is 13.6 Å². The van der Waals surface area contributed by atoms with E-state index in [0.29, 0.717) is 37.6 Å². The molecular formula is C24H51O4P. The molecule has 5 heteroatoms. The van der Waals surface area contributed by atoms with Crippen molar-refractivity contribution < 1.29 is 18.1 Å². The fourth-order valence-electron chi connectivity index (χ4n) is 3.40. The number of hydrogen-bond acceptors (Lipinski definition) is 4. The van der Waals surface area contributed by atoms with E-state index in [-0.39, 0.29) is 0 Å². The molecule has 29 heavy (non-hydrogen) atoms. The minimum absolute atomic E-state index is 0.416. The van der Waals surface area contributed by atoms with E-state index in [9.17, 15) is 4.57 Å². The molecule has 0 fully saturated rings. The Bertz CT molecular complexity index is 345. The van der Waals surface area contributed by atoms with Crippen LogP contribution >= 0.6 is 7.82 Å². The van der Waals surface area contributed by atoms with Gasteiger partial charge in [-0.15, -0.1) is 0 Å². The van der Waals surface area contributed by atoms with Crippen LogP contribution in [-0.4, -0.2) is 19.8 Å². The van der Waals surface area contributed by atoms with Crippen LogP contribution in [0.5, 0.6) is 0 Å². The maximum absolute atomic E-state index is 13.4. The smallest absolute Gasteiger partial charge is 0.287 e. The molecular weight excluding hydrogens is 383 g/mol. The van der Waals surface area contributed by atoms with Crippen LogP contribution in [0.1, 0.15) is 119 Å². The SMILES string of the molecule is CCCC[C@@H](CC)COP(=O)(OC[C@H](CC)CCCC)OC[C@H](CC)CCCC. The fraction of sp³-hybridized carbons (Fsp3) is 1.00. The van der Waals surface area contributed by atoms with Gasteiger partial charge in [0.1, 0.15) is 0 Å². The molecule has 0 aromatic rings. The zero-order valence-corrected chi connectivity index (χ0v) is 21.3. The Balaban J connectivity index is 4.91. The van der Waals surface area contributed by atoms with Gasteiger partial charge in [0.25, 0.3) is 0 Å². The van der Waals surface area contributed by atoms with Gasteiger partial charge >= 0.3 is 7.82 Å². The Kier molecular flexibility index (Phi) is 18.9. The lowest BCUT2D eigenvalue weighted by Gasteiger charge is -2.25. The second-order valence-corrected chi connectivity index (χ2v) is 10.3. The van der Waals surface area contributed by atoms with Gasteiger partial charge in [0.15, 0.2) is 0 Å². The second-order valence-electron chi connectivity index (χ2n) is 8.58. The zero-order valence-electron chi connectivity index (χ0n) is 20.4. The summed E-state index contributed by atoms with van der Waals surface area (Å²) in [5, 5.41) is 0. The van der Waals surface area contributed by atoms with E-state index in [1.165, 1.54) is 38.5 Å². The lowest BCUT2D eigenvalue weighted by Crippen LogP contribution is -2.16. The molecule has 4 nitrogen and oxygen atoms in total. The molecule has 0 aromatic carbocycles. The Morgan fingerprint density at radius 2 is 0.828 bits per heavy atom. The first-order valence-corrected chi connectivity index (χ1v) is 14.0. The molecule has 0 aliphatic heterocycles. The first-order chi connectivity index (χ1) is 14.0. The molecule has 0 aromatic heterocycles. The van der Waals surface area contributed by atoms with Crippen LogP contribution in [0.15, 0.2) is 0 Å². The third-order valence-electron chi connectivity index (χ3n) is 6.03. The molecule has 0 aliphatic carbocycles. The summed E-state index contributed by atoms with van der Waals surface area (Å²) >= 11 is 0. The van der Waals surface area contributed by atoms with Crippen molar-refractivity contribution in [2.75, 3.05) is 19.8 Å². The largest absolute Gasteiger partial charge is 0.474 e. The molecule has 0 rings (SSSR count). The second kappa shape index (κ2) is 18.8. The summed E-state index contributed by atoms with van der Waals surface area (Å²) in [4.78, 5) is 0. The monoisotopic (exact) mass is 434 g/mol. The summed E-state index contributed by atoms with van der Waals surface area (Å²) < 4.78 is 31.1. The van der Waals surface area contributed by atoms with E-state index in [2.05, 4.69) is 41.5 Å². The number of hydrogen-bond donors (Lipinski definition) is 0. The Labute approximate surface area is 182 Å². The van der Waals surface area contributed by atoms with E-state index in [4.69, 9.17) is 13.6 Å². The summed E-state index contributed by atoms with van der Waals surface area (Å²) in [6.07, 6.45) is 13.5. The molecule has 0 unspecified atom stereocenters. The molecule has 0 radical (unpaired) electrons. The molecule has 3 atom stereocenters. The third kappa shape index (κ3) is 14.7. The maximum Gasteiger partial charge on any atom is 0.474 e. The van der Waals surface area contributed by atoms with Crippen LogP contribution in [-0.2, 0) is 18.1 Å². The summed E-state index contributed by atoms with van der Waals surface area (Å²) in [7, 11) is -3.52. The molecule has 0 saturated carbocycles. The first kappa shape index (κ1) is 29.1. The van der Waals surface area contributed by atoms with E-state index >= 15 is 0 Å². The van der Waals surface area contributed by atoms with E-state index in [1.807, 2.05) is 0 Å². The summed E-state index contributed by atoms with van der Waals surface area (Å²) in [5.74, 6) is 1.25. The van der Waals surface area contributed by atoms with Crippen molar-refractivity contribution in [2.45, 2.75) is 119 Å². The van der Waals surface area contributed by atoms with Gasteiger partial charge in [0, 0.05) is 0 Å². The van der Waals surface area contributed by atoms with Gasteiger partial charge in [-0.05, 0) is 37.0 Å². The minimum atomic E-state index is -3.52. The molecule has 0 heterocycles. The standard InChI is InChI=1S/C24H51O4P/c1-7-13-16-22(10-4)19-26-29(25,27-20-23(11-5)17-14-8-2)28-21-24(12-6)18-15-9-3/h22-24H,7-21H2,1-6H3/t22-,23-,24-/m1/s1. The molecule has 0 amide bonds. The average molecular weight is 435 g/mol. The van der Waals surface area contributed by atoms with Gasteiger partial charge in [0.2, 0.25) is 0 Å². The number of rotatable bonds is 21. The van der Waals surface area contributed by atoms with E-state index in [0.717, 1.165) is 38.5 Å². The highest BCUT2D eigenvalue weighted by Crippen LogP contribution is 2.51. The Morgan fingerprint density at radius 3 is 1.03 bits per heavy atom. The lowest BCUT2D eigenvalue weighted by molar-refractivity contribution is 0.0732. The molecule has 0 aliphatic rings. The van der Waals surface area contributed by atoms with Gasteiger partial charge in [-0.1, -0.05) is 99.3 Å². The molecule has 0 bridgehead atoms. The van der Waals surface area contributed by atoms with Crippen LogP contribution in [0, 0.1) is 17.8 Å². The van der Waals surface area contributed by atoms with Crippen molar-refractivity contribution in [1.29, 1.82) is 0 Å². The molecule has 0 N–H and O–H groups in total. The quantitative estimate of drug-likeness (QED) is 0.169. The number of phosphoric acid groups is 1. The molecule has 176 valence electrons. The van der Waals surface area contributed by atoms with E-state index in [1.54, 1.807) is 0 Å². The molecule has 0 saturated heterocycles. The normalized spacial score (nSPS) is 15.4. The molecule has 0 spiro atoms.